The van der Waals surface area contributed by atoms with Crippen LogP contribution in [0.4, 0.5) is 0 Å². The molecule has 106 valence electrons. The Hall–Kier alpha value is -1.10. The van der Waals surface area contributed by atoms with Crippen molar-refractivity contribution in [2.45, 2.75) is 38.2 Å². The molecule has 5 atom stereocenters. The van der Waals surface area contributed by atoms with Crippen molar-refractivity contribution in [2.75, 3.05) is 13.2 Å². The Morgan fingerprint density at radius 2 is 1.89 bits per heavy atom. The lowest BCUT2D eigenvalue weighted by Gasteiger charge is -2.27. The average Bonchev–Trinajstić information content (AvgIpc) is 3.10. The predicted molar refractivity (Wildman–Crippen MR) is 67.4 cm³/mol. The maximum absolute atomic E-state index is 12.3. The second-order valence-corrected chi connectivity index (χ2v) is 6.10. The number of carbonyl (C=O) groups excluding carboxylic acids is 1. The van der Waals surface area contributed by atoms with E-state index in [9.17, 15) is 14.7 Å². The van der Waals surface area contributed by atoms with Crippen molar-refractivity contribution in [2.24, 2.45) is 23.7 Å². The standard InChI is InChI=1S/C14H21NO4/c16-13(15-7-10-2-1-5-19-10)11-8-3-4-9(6-8)12(11)14(17)18/h8-12H,1-7H2,(H,15,16)(H,17,18)/t8-,9-,10+,11-,12+/m0/s1. The van der Waals surface area contributed by atoms with E-state index in [4.69, 9.17) is 4.74 Å². The van der Waals surface area contributed by atoms with E-state index in [-0.39, 0.29) is 29.8 Å². The quantitative estimate of drug-likeness (QED) is 0.797. The summed E-state index contributed by atoms with van der Waals surface area (Å²) in [7, 11) is 0. The number of amides is 1. The molecule has 1 saturated heterocycles. The number of carboxylic acid groups (broad SMARTS) is 1. The van der Waals surface area contributed by atoms with Crippen LogP contribution in [0, 0.1) is 23.7 Å². The van der Waals surface area contributed by atoms with Gasteiger partial charge in [0.2, 0.25) is 5.91 Å². The highest BCUT2D eigenvalue weighted by molar-refractivity contribution is 5.86. The van der Waals surface area contributed by atoms with Crippen LogP contribution in [0.25, 0.3) is 0 Å². The Kier molecular flexibility index (Phi) is 3.48. The van der Waals surface area contributed by atoms with Gasteiger partial charge in [-0.2, -0.15) is 0 Å². The molecule has 0 aromatic heterocycles. The van der Waals surface area contributed by atoms with Crippen molar-refractivity contribution in [3.05, 3.63) is 0 Å². The van der Waals surface area contributed by atoms with Gasteiger partial charge in [0, 0.05) is 13.2 Å². The van der Waals surface area contributed by atoms with Crippen molar-refractivity contribution in [1.82, 2.24) is 5.32 Å². The Balaban J connectivity index is 1.60. The molecular weight excluding hydrogens is 246 g/mol. The second kappa shape index (κ2) is 5.12. The lowest BCUT2D eigenvalue weighted by atomic mass is 9.78. The maximum atomic E-state index is 12.3. The molecule has 2 N–H and O–H groups in total. The fourth-order valence-corrected chi connectivity index (χ4v) is 4.16. The molecule has 1 heterocycles. The minimum atomic E-state index is -0.801. The molecule has 19 heavy (non-hydrogen) atoms. The van der Waals surface area contributed by atoms with Crippen molar-refractivity contribution in [3.63, 3.8) is 0 Å². The van der Waals surface area contributed by atoms with Crippen molar-refractivity contribution in [3.8, 4) is 0 Å². The number of nitrogens with one attached hydrogen (secondary N) is 1. The van der Waals surface area contributed by atoms with E-state index < -0.39 is 11.9 Å². The molecule has 5 nitrogen and oxygen atoms in total. The van der Waals surface area contributed by atoms with E-state index in [1.807, 2.05) is 0 Å². The Morgan fingerprint density at radius 3 is 2.53 bits per heavy atom. The first-order valence-electron chi connectivity index (χ1n) is 7.29. The number of aliphatic carboxylic acids is 1. The molecule has 0 unspecified atom stereocenters. The topological polar surface area (TPSA) is 75.6 Å². The maximum Gasteiger partial charge on any atom is 0.307 e. The van der Waals surface area contributed by atoms with Gasteiger partial charge in [0.25, 0.3) is 0 Å². The molecule has 2 bridgehead atoms. The Morgan fingerprint density at radius 1 is 1.16 bits per heavy atom. The van der Waals surface area contributed by atoms with Gasteiger partial charge in [0.1, 0.15) is 0 Å². The summed E-state index contributed by atoms with van der Waals surface area (Å²) < 4.78 is 5.47. The Labute approximate surface area is 112 Å². The summed E-state index contributed by atoms with van der Waals surface area (Å²) in [6.07, 6.45) is 5.04. The smallest absolute Gasteiger partial charge is 0.307 e. The van der Waals surface area contributed by atoms with E-state index in [1.54, 1.807) is 0 Å². The first-order chi connectivity index (χ1) is 9.16. The van der Waals surface area contributed by atoms with Crippen molar-refractivity contribution < 1.29 is 19.4 Å². The SMILES string of the molecule is O=C(O)[C@@H]1[C@H]2CC[C@@H](C2)[C@@H]1C(=O)NC[C@H]1CCCO1. The van der Waals surface area contributed by atoms with Gasteiger partial charge in [-0.25, -0.2) is 0 Å². The molecule has 2 aliphatic carbocycles. The van der Waals surface area contributed by atoms with Gasteiger partial charge in [-0.15, -0.1) is 0 Å². The Bertz CT molecular complexity index is 378. The highest BCUT2D eigenvalue weighted by Crippen LogP contribution is 2.52. The molecule has 3 rings (SSSR count). The van der Waals surface area contributed by atoms with Gasteiger partial charge < -0.3 is 15.2 Å². The fourth-order valence-electron chi connectivity index (χ4n) is 4.16. The van der Waals surface area contributed by atoms with Crippen LogP contribution >= 0.6 is 0 Å². The summed E-state index contributed by atoms with van der Waals surface area (Å²) in [5, 5.41) is 12.2. The first-order valence-corrected chi connectivity index (χ1v) is 7.29. The molecule has 5 heteroatoms. The van der Waals surface area contributed by atoms with E-state index >= 15 is 0 Å². The zero-order chi connectivity index (χ0) is 13.4. The minimum absolute atomic E-state index is 0.0740. The lowest BCUT2D eigenvalue weighted by Crippen LogP contribution is -2.43. The fraction of sp³-hybridized carbons (Fsp3) is 0.857. The van der Waals surface area contributed by atoms with Crippen LogP contribution in [0.2, 0.25) is 0 Å². The summed E-state index contributed by atoms with van der Waals surface area (Å²) >= 11 is 0. The predicted octanol–water partition coefficient (Wildman–Crippen LogP) is 1.03. The number of carboxylic acids is 1. The van der Waals surface area contributed by atoms with Crippen LogP contribution in [-0.4, -0.2) is 36.2 Å². The molecule has 2 saturated carbocycles. The molecule has 1 amide bonds. The van der Waals surface area contributed by atoms with Gasteiger partial charge in [-0.3, -0.25) is 9.59 Å². The van der Waals surface area contributed by atoms with E-state index in [0.29, 0.717) is 6.54 Å². The van der Waals surface area contributed by atoms with Crippen LogP contribution in [0.15, 0.2) is 0 Å². The van der Waals surface area contributed by atoms with Gasteiger partial charge in [-0.1, -0.05) is 0 Å². The summed E-state index contributed by atoms with van der Waals surface area (Å²) in [6, 6.07) is 0. The summed E-state index contributed by atoms with van der Waals surface area (Å²) in [5.74, 6) is -1.18. The molecule has 3 aliphatic rings. The van der Waals surface area contributed by atoms with Crippen molar-refractivity contribution in [1.29, 1.82) is 0 Å². The lowest BCUT2D eigenvalue weighted by molar-refractivity contribution is -0.149. The van der Waals surface area contributed by atoms with E-state index in [1.165, 1.54) is 0 Å². The van der Waals surface area contributed by atoms with Gasteiger partial charge in [0.05, 0.1) is 17.9 Å². The monoisotopic (exact) mass is 267 g/mol. The zero-order valence-corrected chi connectivity index (χ0v) is 11.0. The third-order valence-electron chi connectivity index (χ3n) is 5.03. The average molecular weight is 267 g/mol. The molecular formula is C14H21NO4. The largest absolute Gasteiger partial charge is 0.481 e. The molecule has 1 aliphatic heterocycles. The minimum Gasteiger partial charge on any atom is -0.481 e. The van der Waals surface area contributed by atoms with Crippen LogP contribution in [0.1, 0.15) is 32.1 Å². The van der Waals surface area contributed by atoms with Gasteiger partial charge >= 0.3 is 5.97 Å². The second-order valence-electron chi connectivity index (χ2n) is 6.10. The van der Waals surface area contributed by atoms with Crippen molar-refractivity contribution >= 4 is 11.9 Å². The number of ether oxygens (including phenoxy) is 1. The number of hydrogen-bond acceptors (Lipinski definition) is 3. The van der Waals surface area contributed by atoms with Crippen LogP contribution < -0.4 is 5.32 Å². The zero-order valence-electron chi connectivity index (χ0n) is 11.0. The molecule has 0 aromatic carbocycles. The highest BCUT2D eigenvalue weighted by atomic mass is 16.5. The van der Waals surface area contributed by atoms with Gasteiger partial charge in [0.15, 0.2) is 0 Å². The molecule has 0 radical (unpaired) electrons. The number of fused-ring (bicyclic) bond motifs is 2. The summed E-state index contributed by atoms with van der Waals surface area (Å²) in [5.41, 5.74) is 0. The highest BCUT2D eigenvalue weighted by Gasteiger charge is 2.53. The number of hydrogen-bond donors (Lipinski definition) is 2. The third kappa shape index (κ3) is 2.36. The summed E-state index contributed by atoms with van der Waals surface area (Å²) in [4.78, 5) is 23.6. The van der Waals surface area contributed by atoms with Gasteiger partial charge in [-0.05, 0) is 43.9 Å². The molecule has 0 spiro atoms. The number of carbonyl (C=O) groups is 2. The summed E-state index contributed by atoms with van der Waals surface area (Å²) in [6.45, 7) is 1.30. The third-order valence-corrected chi connectivity index (χ3v) is 5.03. The first kappa shape index (κ1) is 12.9. The van der Waals surface area contributed by atoms with E-state index in [2.05, 4.69) is 5.32 Å². The number of rotatable bonds is 4. The van der Waals surface area contributed by atoms with E-state index in [0.717, 1.165) is 38.7 Å². The van der Waals surface area contributed by atoms with Crippen LogP contribution in [0.5, 0.6) is 0 Å². The normalized spacial score (nSPS) is 40.5. The molecule has 0 aromatic rings. The van der Waals surface area contributed by atoms with Crippen LogP contribution in [-0.2, 0) is 14.3 Å². The molecule has 3 fully saturated rings. The van der Waals surface area contributed by atoms with Crippen LogP contribution in [0.3, 0.4) is 0 Å².